The highest BCUT2D eigenvalue weighted by Crippen LogP contribution is 2.04. The summed E-state index contributed by atoms with van der Waals surface area (Å²) in [6, 6.07) is 10.6. The molecule has 2 rings (SSSR count). The van der Waals surface area contributed by atoms with Gasteiger partial charge in [-0.3, -0.25) is 0 Å². The molecule has 18 heavy (non-hydrogen) atoms. The fraction of sp³-hybridized carbons (Fsp3) is 0.400. The highest BCUT2D eigenvalue weighted by molar-refractivity contribution is 5.14. The zero-order chi connectivity index (χ0) is 12.8. The standard InChI is InChI=1S/C15H21N3/c1-17(12-14-7-4-3-5-8-14)10-6-9-15-11-16-13-18(15)2/h3-5,7-8,11,13H,6,9-10,12H2,1-2H3/p+1. The van der Waals surface area contributed by atoms with Gasteiger partial charge in [0.15, 0.2) is 0 Å². The molecule has 3 nitrogen and oxygen atoms in total. The number of H-pyrrole nitrogens is 1. The van der Waals surface area contributed by atoms with Crippen LogP contribution in [0.1, 0.15) is 17.7 Å². The van der Waals surface area contributed by atoms with Gasteiger partial charge in [0.25, 0.3) is 0 Å². The van der Waals surface area contributed by atoms with Gasteiger partial charge in [0.05, 0.1) is 7.05 Å². The van der Waals surface area contributed by atoms with Crippen LogP contribution in [0.5, 0.6) is 0 Å². The lowest BCUT2D eigenvalue weighted by Gasteiger charge is -2.16. The second-order valence-electron chi connectivity index (χ2n) is 4.87. The van der Waals surface area contributed by atoms with E-state index in [1.807, 2.05) is 6.33 Å². The van der Waals surface area contributed by atoms with E-state index in [2.05, 4.69) is 65.1 Å². The molecule has 96 valence electrons. The van der Waals surface area contributed by atoms with Crippen molar-refractivity contribution >= 4 is 0 Å². The molecule has 0 amide bonds. The van der Waals surface area contributed by atoms with Crippen LogP contribution in [0, 0.1) is 0 Å². The molecule has 0 saturated heterocycles. The number of aryl methyl sites for hydroxylation is 2. The topological polar surface area (TPSA) is 22.9 Å². The number of benzene rings is 1. The first-order valence-corrected chi connectivity index (χ1v) is 6.49. The Morgan fingerprint density at radius 2 is 2.00 bits per heavy atom. The summed E-state index contributed by atoms with van der Waals surface area (Å²) < 4.78 is 2.15. The van der Waals surface area contributed by atoms with E-state index in [9.17, 15) is 0 Å². The molecule has 0 fully saturated rings. The molecule has 0 atom stereocenters. The molecule has 1 aromatic carbocycles. The SMILES string of the molecule is CN(CCCc1c[nH]c[n+]1C)Cc1ccccc1. The van der Waals surface area contributed by atoms with Crippen LogP contribution in [0.25, 0.3) is 0 Å². The first-order valence-electron chi connectivity index (χ1n) is 6.49. The Morgan fingerprint density at radius 1 is 1.22 bits per heavy atom. The van der Waals surface area contributed by atoms with Crippen molar-refractivity contribution in [3.63, 3.8) is 0 Å². The van der Waals surface area contributed by atoms with E-state index in [0.717, 1.165) is 19.5 Å². The van der Waals surface area contributed by atoms with Crippen LogP contribution in [0.15, 0.2) is 42.9 Å². The Labute approximate surface area is 109 Å². The van der Waals surface area contributed by atoms with E-state index in [1.165, 1.54) is 17.7 Å². The fourth-order valence-electron chi connectivity index (χ4n) is 2.18. The van der Waals surface area contributed by atoms with E-state index < -0.39 is 0 Å². The van der Waals surface area contributed by atoms with Gasteiger partial charge in [0.1, 0.15) is 11.9 Å². The zero-order valence-corrected chi connectivity index (χ0v) is 11.3. The van der Waals surface area contributed by atoms with Gasteiger partial charge in [-0.2, -0.15) is 0 Å². The number of hydrogen-bond donors (Lipinski definition) is 1. The first-order chi connectivity index (χ1) is 8.75. The number of aromatic amines is 1. The van der Waals surface area contributed by atoms with Crippen molar-refractivity contribution in [1.29, 1.82) is 0 Å². The summed E-state index contributed by atoms with van der Waals surface area (Å²) >= 11 is 0. The maximum atomic E-state index is 3.13. The molecule has 0 saturated carbocycles. The van der Waals surface area contributed by atoms with Gasteiger partial charge in [0, 0.05) is 13.0 Å². The minimum Gasteiger partial charge on any atom is -0.302 e. The van der Waals surface area contributed by atoms with Crippen molar-refractivity contribution in [1.82, 2.24) is 9.88 Å². The summed E-state index contributed by atoms with van der Waals surface area (Å²) in [5, 5.41) is 0. The van der Waals surface area contributed by atoms with E-state index in [-0.39, 0.29) is 0 Å². The Kier molecular flexibility index (Phi) is 4.53. The third kappa shape index (κ3) is 3.70. The molecule has 0 aliphatic carbocycles. The van der Waals surface area contributed by atoms with Crippen molar-refractivity contribution in [3.05, 3.63) is 54.1 Å². The predicted molar refractivity (Wildman–Crippen MR) is 73.1 cm³/mol. The van der Waals surface area contributed by atoms with Crippen molar-refractivity contribution in [3.8, 4) is 0 Å². The molecule has 3 heteroatoms. The number of rotatable bonds is 6. The van der Waals surface area contributed by atoms with Crippen LogP contribution in [0.3, 0.4) is 0 Å². The Hall–Kier alpha value is -1.61. The van der Waals surface area contributed by atoms with E-state index in [4.69, 9.17) is 0 Å². The summed E-state index contributed by atoms with van der Waals surface area (Å²) in [6.45, 7) is 2.15. The largest absolute Gasteiger partial charge is 0.302 e. The third-order valence-corrected chi connectivity index (χ3v) is 3.24. The summed E-state index contributed by atoms with van der Waals surface area (Å²) in [5.41, 5.74) is 2.75. The lowest BCUT2D eigenvalue weighted by atomic mass is 10.2. The molecular formula is C15H22N3+. The van der Waals surface area contributed by atoms with E-state index in [1.54, 1.807) is 0 Å². The minimum absolute atomic E-state index is 1.03. The van der Waals surface area contributed by atoms with Crippen molar-refractivity contribution in [2.45, 2.75) is 19.4 Å². The van der Waals surface area contributed by atoms with Gasteiger partial charge in [-0.1, -0.05) is 30.3 Å². The van der Waals surface area contributed by atoms with Gasteiger partial charge in [-0.25, -0.2) is 9.55 Å². The molecule has 1 aromatic heterocycles. The number of nitrogens with one attached hydrogen (secondary N) is 1. The van der Waals surface area contributed by atoms with Crippen molar-refractivity contribution in [2.75, 3.05) is 13.6 Å². The van der Waals surface area contributed by atoms with Crippen LogP contribution in [0.4, 0.5) is 0 Å². The highest BCUT2D eigenvalue weighted by Gasteiger charge is 2.05. The Morgan fingerprint density at radius 3 is 2.67 bits per heavy atom. The third-order valence-electron chi connectivity index (χ3n) is 3.24. The van der Waals surface area contributed by atoms with E-state index in [0.29, 0.717) is 0 Å². The lowest BCUT2D eigenvalue weighted by Crippen LogP contribution is -2.30. The van der Waals surface area contributed by atoms with Gasteiger partial charge in [-0.05, 0) is 25.6 Å². The van der Waals surface area contributed by atoms with Crippen LogP contribution in [-0.2, 0) is 20.0 Å². The number of nitrogens with zero attached hydrogens (tertiary/aromatic N) is 2. The van der Waals surface area contributed by atoms with E-state index >= 15 is 0 Å². The molecule has 0 bridgehead atoms. The van der Waals surface area contributed by atoms with Crippen molar-refractivity contribution in [2.24, 2.45) is 7.05 Å². The average molecular weight is 244 g/mol. The second kappa shape index (κ2) is 6.36. The maximum Gasteiger partial charge on any atom is 0.241 e. The molecule has 1 heterocycles. The number of imidazole rings is 1. The van der Waals surface area contributed by atoms with Crippen LogP contribution >= 0.6 is 0 Å². The van der Waals surface area contributed by atoms with Gasteiger partial charge in [-0.15, -0.1) is 0 Å². The maximum absolute atomic E-state index is 3.13. The molecule has 0 radical (unpaired) electrons. The first kappa shape index (κ1) is 12.8. The Bertz CT molecular complexity index is 462. The molecular weight excluding hydrogens is 222 g/mol. The predicted octanol–water partition coefficient (Wildman–Crippen LogP) is 1.90. The Balaban J connectivity index is 1.72. The minimum atomic E-state index is 1.03. The summed E-state index contributed by atoms with van der Waals surface area (Å²) in [6.07, 6.45) is 6.38. The normalized spacial score (nSPS) is 11.1. The zero-order valence-electron chi connectivity index (χ0n) is 11.3. The monoisotopic (exact) mass is 244 g/mol. The smallest absolute Gasteiger partial charge is 0.241 e. The van der Waals surface area contributed by atoms with Gasteiger partial charge in [0.2, 0.25) is 6.33 Å². The number of hydrogen-bond acceptors (Lipinski definition) is 1. The van der Waals surface area contributed by atoms with Crippen LogP contribution in [0.2, 0.25) is 0 Å². The molecule has 0 aliphatic heterocycles. The summed E-state index contributed by atoms with van der Waals surface area (Å²) in [4.78, 5) is 5.50. The summed E-state index contributed by atoms with van der Waals surface area (Å²) in [5.74, 6) is 0. The molecule has 1 N–H and O–H groups in total. The fourth-order valence-corrected chi connectivity index (χ4v) is 2.18. The van der Waals surface area contributed by atoms with Gasteiger partial charge < -0.3 is 4.90 Å². The molecule has 2 aromatic rings. The highest BCUT2D eigenvalue weighted by atomic mass is 15.1. The van der Waals surface area contributed by atoms with Crippen LogP contribution in [-0.4, -0.2) is 23.5 Å². The molecule has 0 spiro atoms. The lowest BCUT2D eigenvalue weighted by molar-refractivity contribution is -0.677. The number of aromatic nitrogens is 2. The molecule has 0 aliphatic rings. The molecule has 0 unspecified atom stereocenters. The second-order valence-corrected chi connectivity index (χ2v) is 4.87. The van der Waals surface area contributed by atoms with Crippen LogP contribution < -0.4 is 4.57 Å². The average Bonchev–Trinajstić information content (AvgIpc) is 2.76. The quantitative estimate of drug-likeness (QED) is 0.771. The van der Waals surface area contributed by atoms with Gasteiger partial charge >= 0.3 is 0 Å². The van der Waals surface area contributed by atoms with Crippen molar-refractivity contribution < 1.29 is 4.57 Å². The summed E-state index contributed by atoms with van der Waals surface area (Å²) in [7, 11) is 4.27.